The van der Waals surface area contributed by atoms with Gasteiger partial charge in [0.05, 0.1) is 12.0 Å². The van der Waals surface area contributed by atoms with E-state index in [2.05, 4.69) is 5.32 Å². The molecule has 1 aliphatic heterocycles. The number of carbonyl (C=O) groups excluding carboxylic acids is 2. The topological polar surface area (TPSA) is 67.9 Å². The fourth-order valence-electron chi connectivity index (χ4n) is 2.70. The summed E-state index contributed by atoms with van der Waals surface area (Å²) in [5, 5.41) is 2.22. The van der Waals surface area contributed by atoms with E-state index < -0.39 is 42.5 Å². The van der Waals surface area contributed by atoms with Gasteiger partial charge in [-0.1, -0.05) is 30.3 Å². The number of likely N-dealkylation sites (tertiary alicyclic amines) is 1. The summed E-state index contributed by atoms with van der Waals surface area (Å²) in [6.07, 6.45) is -6.39. The standard InChI is InChI=1S/C18H23F3N2O4/c1-17(2,3)27-15(24)22-14-10-23(9-13(14)18(19,20)21)16(25)26-11-12-7-5-4-6-8-12/h4-8,13-14H,9-11H2,1-3H3,(H,22,24)/t13-,14-/m1/s1. The highest BCUT2D eigenvalue weighted by Crippen LogP contribution is 2.34. The Morgan fingerprint density at radius 2 is 1.78 bits per heavy atom. The van der Waals surface area contributed by atoms with Crippen LogP contribution >= 0.6 is 0 Å². The average Bonchev–Trinajstić information content (AvgIpc) is 2.95. The summed E-state index contributed by atoms with van der Waals surface area (Å²) in [4.78, 5) is 24.9. The third-order valence-corrected chi connectivity index (χ3v) is 3.91. The Morgan fingerprint density at radius 1 is 1.15 bits per heavy atom. The first kappa shape index (κ1) is 20.9. The van der Waals surface area contributed by atoms with Crippen molar-refractivity contribution in [3.63, 3.8) is 0 Å². The van der Waals surface area contributed by atoms with Crippen molar-refractivity contribution in [3.05, 3.63) is 35.9 Å². The van der Waals surface area contributed by atoms with E-state index in [-0.39, 0.29) is 13.2 Å². The van der Waals surface area contributed by atoms with Crippen LogP contribution in [0.1, 0.15) is 26.3 Å². The van der Waals surface area contributed by atoms with E-state index in [0.717, 1.165) is 10.5 Å². The lowest BCUT2D eigenvalue weighted by Crippen LogP contribution is -2.47. The van der Waals surface area contributed by atoms with Crippen LogP contribution in [-0.2, 0) is 16.1 Å². The Hall–Kier alpha value is -2.45. The molecule has 2 amide bonds. The normalized spacial score (nSPS) is 20.3. The number of benzene rings is 1. The molecule has 9 heteroatoms. The molecular formula is C18H23F3N2O4. The molecule has 150 valence electrons. The Labute approximate surface area is 155 Å². The van der Waals surface area contributed by atoms with E-state index in [1.54, 1.807) is 51.1 Å². The summed E-state index contributed by atoms with van der Waals surface area (Å²) < 4.78 is 50.0. The third kappa shape index (κ3) is 6.33. The van der Waals surface area contributed by atoms with Gasteiger partial charge in [-0.25, -0.2) is 9.59 Å². The molecule has 1 aromatic rings. The first-order valence-corrected chi connectivity index (χ1v) is 8.47. The van der Waals surface area contributed by atoms with Crippen LogP contribution in [0.3, 0.4) is 0 Å². The van der Waals surface area contributed by atoms with Gasteiger partial charge in [0.2, 0.25) is 0 Å². The summed E-state index contributed by atoms with van der Waals surface area (Å²) in [6.45, 7) is 3.88. The van der Waals surface area contributed by atoms with Crippen molar-refractivity contribution in [2.75, 3.05) is 13.1 Å². The van der Waals surface area contributed by atoms with Crippen molar-refractivity contribution in [2.24, 2.45) is 5.92 Å². The zero-order valence-corrected chi connectivity index (χ0v) is 15.4. The molecule has 1 saturated heterocycles. The van der Waals surface area contributed by atoms with Gasteiger partial charge in [-0.2, -0.15) is 13.2 Å². The van der Waals surface area contributed by atoms with Crippen molar-refractivity contribution >= 4 is 12.2 Å². The fraction of sp³-hybridized carbons (Fsp3) is 0.556. The maximum atomic E-state index is 13.3. The lowest BCUT2D eigenvalue weighted by molar-refractivity contribution is -0.174. The number of amides is 2. The summed E-state index contributed by atoms with van der Waals surface area (Å²) in [7, 11) is 0. The number of ether oxygens (including phenoxy) is 2. The number of halogens is 3. The first-order chi connectivity index (χ1) is 12.5. The highest BCUT2D eigenvalue weighted by Gasteiger charge is 2.52. The molecule has 1 N–H and O–H groups in total. The summed E-state index contributed by atoms with van der Waals surface area (Å²) in [5.74, 6) is -1.89. The van der Waals surface area contributed by atoms with Crippen LogP contribution in [0, 0.1) is 5.92 Å². The van der Waals surface area contributed by atoms with Crippen molar-refractivity contribution in [1.29, 1.82) is 0 Å². The number of hydrogen-bond donors (Lipinski definition) is 1. The van der Waals surface area contributed by atoms with E-state index in [0.29, 0.717) is 0 Å². The molecule has 6 nitrogen and oxygen atoms in total. The first-order valence-electron chi connectivity index (χ1n) is 8.47. The monoisotopic (exact) mass is 388 g/mol. The van der Waals surface area contributed by atoms with Crippen LogP contribution in [0.15, 0.2) is 30.3 Å². The molecule has 0 saturated carbocycles. The van der Waals surface area contributed by atoms with Crippen LogP contribution in [-0.4, -0.2) is 48.0 Å². The largest absolute Gasteiger partial charge is 0.445 e. The molecule has 0 radical (unpaired) electrons. The molecule has 1 aromatic carbocycles. The smallest absolute Gasteiger partial charge is 0.410 e. The van der Waals surface area contributed by atoms with Crippen molar-refractivity contribution in [2.45, 2.75) is 45.2 Å². The zero-order chi connectivity index (χ0) is 20.2. The molecule has 0 aromatic heterocycles. The van der Waals surface area contributed by atoms with Crippen molar-refractivity contribution in [1.82, 2.24) is 10.2 Å². The van der Waals surface area contributed by atoms with Gasteiger partial charge in [-0.3, -0.25) is 0 Å². The van der Waals surface area contributed by atoms with Gasteiger partial charge in [-0.15, -0.1) is 0 Å². The Morgan fingerprint density at radius 3 is 2.33 bits per heavy atom. The number of nitrogens with one attached hydrogen (secondary N) is 1. The van der Waals surface area contributed by atoms with E-state index in [1.807, 2.05) is 0 Å². The maximum absolute atomic E-state index is 13.3. The number of alkyl carbamates (subject to hydrolysis) is 1. The minimum atomic E-state index is -4.58. The Bertz CT molecular complexity index is 659. The second-order valence-corrected chi connectivity index (χ2v) is 7.35. The number of hydrogen-bond acceptors (Lipinski definition) is 4. The predicted molar refractivity (Wildman–Crippen MR) is 90.9 cm³/mol. The maximum Gasteiger partial charge on any atom is 0.410 e. The van der Waals surface area contributed by atoms with Crippen molar-refractivity contribution < 1.29 is 32.2 Å². The van der Waals surface area contributed by atoms with Crippen molar-refractivity contribution in [3.8, 4) is 0 Å². The van der Waals surface area contributed by atoms with Crippen LogP contribution in [0.4, 0.5) is 22.8 Å². The minimum Gasteiger partial charge on any atom is -0.445 e. The van der Waals surface area contributed by atoms with Gasteiger partial charge in [0.15, 0.2) is 0 Å². The summed E-state index contributed by atoms with van der Waals surface area (Å²) in [6, 6.07) is 7.50. The Balaban J connectivity index is 1.99. The lowest BCUT2D eigenvalue weighted by Gasteiger charge is -2.24. The zero-order valence-electron chi connectivity index (χ0n) is 15.4. The molecule has 1 aliphatic rings. The van der Waals surface area contributed by atoms with Crippen LogP contribution in [0.2, 0.25) is 0 Å². The number of alkyl halides is 3. The number of nitrogens with zero attached hydrogens (tertiary/aromatic N) is 1. The van der Waals surface area contributed by atoms with Crippen LogP contribution in [0.5, 0.6) is 0 Å². The molecule has 0 bridgehead atoms. The molecule has 2 rings (SSSR count). The van der Waals surface area contributed by atoms with E-state index in [9.17, 15) is 22.8 Å². The predicted octanol–water partition coefficient (Wildman–Crippen LogP) is 3.71. The van der Waals surface area contributed by atoms with Gasteiger partial charge in [0, 0.05) is 13.1 Å². The molecule has 1 fully saturated rings. The minimum absolute atomic E-state index is 0.0446. The van der Waals surface area contributed by atoms with Crippen LogP contribution in [0.25, 0.3) is 0 Å². The molecule has 27 heavy (non-hydrogen) atoms. The molecule has 2 atom stereocenters. The van der Waals surface area contributed by atoms with Gasteiger partial charge < -0.3 is 19.7 Å². The average molecular weight is 388 g/mol. The van der Waals surface area contributed by atoms with E-state index in [1.165, 1.54) is 0 Å². The highest BCUT2D eigenvalue weighted by molar-refractivity contribution is 5.70. The quantitative estimate of drug-likeness (QED) is 0.857. The molecule has 0 unspecified atom stereocenters. The molecule has 1 heterocycles. The van der Waals surface area contributed by atoms with E-state index in [4.69, 9.17) is 9.47 Å². The second-order valence-electron chi connectivity index (χ2n) is 7.35. The Kier molecular flexibility index (Phi) is 6.22. The summed E-state index contributed by atoms with van der Waals surface area (Å²) in [5.41, 5.74) is -0.120. The van der Waals surface area contributed by atoms with Crippen LogP contribution < -0.4 is 5.32 Å². The highest BCUT2D eigenvalue weighted by atomic mass is 19.4. The van der Waals surface area contributed by atoms with Gasteiger partial charge in [-0.05, 0) is 26.3 Å². The van der Waals surface area contributed by atoms with Gasteiger partial charge in [0.25, 0.3) is 0 Å². The number of carbonyl (C=O) groups is 2. The summed E-state index contributed by atoms with van der Waals surface area (Å²) >= 11 is 0. The molecule has 0 aliphatic carbocycles. The van der Waals surface area contributed by atoms with E-state index >= 15 is 0 Å². The molecular weight excluding hydrogens is 365 g/mol. The number of rotatable bonds is 3. The van der Waals surface area contributed by atoms with Gasteiger partial charge in [0.1, 0.15) is 12.2 Å². The second kappa shape index (κ2) is 8.06. The van der Waals surface area contributed by atoms with Gasteiger partial charge >= 0.3 is 18.4 Å². The third-order valence-electron chi connectivity index (χ3n) is 3.91. The lowest BCUT2D eigenvalue weighted by atomic mass is 10.0. The fourth-order valence-corrected chi connectivity index (χ4v) is 2.70. The SMILES string of the molecule is CC(C)(C)OC(=O)N[C@@H]1CN(C(=O)OCc2ccccc2)C[C@H]1C(F)(F)F. The molecule has 0 spiro atoms.